The van der Waals surface area contributed by atoms with Crippen molar-refractivity contribution in [1.29, 1.82) is 0 Å². The molecule has 0 amide bonds. The second kappa shape index (κ2) is 5.35. The quantitative estimate of drug-likeness (QED) is 0.522. The third-order valence-corrected chi connectivity index (χ3v) is 2.50. The maximum Gasteiger partial charge on any atom is 0.335 e. The lowest BCUT2D eigenvalue weighted by Crippen LogP contribution is -2.02. The highest BCUT2D eigenvalue weighted by atomic mass is 19.1. The number of phenols is 1. The number of carbonyl (C=O) groups excluding carboxylic acids is 1. The molecular formula is C15H11FO3. The lowest BCUT2D eigenvalue weighted by atomic mass is 10.0. The van der Waals surface area contributed by atoms with Gasteiger partial charge in [0.1, 0.15) is 17.3 Å². The highest BCUT2D eigenvalue weighted by molar-refractivity contribution is 5.83. The lowest BCUT2D eigenvalue weighted by molar-refractivity contribution is -0.128. The molecule has 0 saturated carbocycles. The molecule has 0 aliphatic rings. The van der Waals surface area contributed by atoms with E-state index in [1.807, 2.05) is 0 Å². The third-order valence-electron chi connectivity index (χ3n) is 2.50. The van der Waals surface area contributed by atoms with Gasteiger partial charge in [-0.2, -0.15) is 0 Å². The standard InChI is InChI=1S/C15H11FO3/c1-2-15(18)19-12-6-3-10(4-7-12)13-8-5-11(17)9-14(13)16/h2-9,17H,1H2. The summed E-state index contributed by atoms with van der Waals surface area (Å²) in [6.45, 7) is 3.29. The molecule has 3 nitrogen and oxygen atoms in total. The Morgan fingerprint density at radius 1 is 1.21 bits per heavy atom. The van der Waals surface area contributed by atoms with Gasteiger partial charge in [-0.25, -0.2) is 9.18 Å². The average Bonchev–Trinajstić information content (AvgIpc) is 2.40. The van der Waals surface area contributed by atoms with Gasteiger partial charge in [-0.1, -0.05) is 18.7 Å². The van der Waals surface area contributed by atoms with Crippen LogP contribution in [0.25, 0.3) is 11.1 Å². The zero-order chi connectivity index (χ0) is 13.8. The van der Waals surface area contributed by atoms with E-state index in [-0.39, 0.29) is 5.75 Å². The van der Waals surface area contributed by atoms with Gasteiger partial charge in [0, 0.05) is 17.7 Å². The number of ether oxygens (including phenoxy) is 1. The van der Waals surface area contributed by atoms with Gasteiger partial charge in [-0.15, -0.1) is 0 Å². The Morgan fingerprint density at radius 2 is 1.89 bits per heavy atom. The molecule has 0 fully saturated rings. The van der Waals surface area contributed by atoms with Gasteiger partial charge in [-0.3, -0.25) is 0 Å². The molecule has 0 aliphatic heterocycles. The van der Waals surface area contributed by atoms with Gasteiger partial charge in [0.15, 0.2) is 0 Å². The topological polar surface area (TPSA) is 46.5 Å². The van der Waals surface area contributed by atoms with E-state index in [4.69, 9.17) is 9.84 Å². The Morgan fingerprint density at radius 3 is 2.47 bits per heavy atom. The number of benzene rings is 2. The van der Waals surface area contributed by atoms with Crippen LogP contribution in [0, 0.1) is 5.82 Å². The third kappa shape index (κ3) is 2.98. The number of halogens is 1. The molecule has 0 radical (unpaired) electrons. The first-order valence-corrected chi connectivity index (χ1v) is 5.53. The van der Waals surface area contributed by atoms with Crippen molar-refractivity contribution in [3.05, 3.63) is 60.9 Å². The molecule has 0 aromatic heterocycles. The van der Waals surface area contributed by atoms with Crippen LogP contribution >= 0.6 is 0 Å². The van der Waals surface area contributed by atoms with Crippen molar-refractivity contribution in [3.63, 3.8) is 0 Å². The Labute approximate surface area is 109 Å². The molecule has 0 bridgehead atoms. The van der Waals surface area contributed by atoms with Crippen LogP contribution in [0.15, 0.2) is 55.1 Å². The second-order valence-electron chi connectivity index (χ2n) is 3.81. The summed E-state index contributed by atoms with van der Waals surface area (Å²) in [6.07, 6.45) is 1.06. The fraction of sp³-hybridized carbons (Fsp3) is 0. The van der Waals surface area contributed by atoms with Crippen LogP contribution in [-0.2, 0) is 4.79 Å². The molecule has 0 unspecified atom stereocenters. The van der Waals surface area contributed by atoms with E-state index in [0.29, 0.717) is 16.9 Å². The molecule has 4 heteroatoms. The van der Waals surface area contributed by atoms with Crippen molar-refractivity contribution >= 4 is 5.97 Å². The number of hydrogen-bond donors (Lipinski definition) is 1. The molecule has 0 aliphatic carbocycles. The van der Waals surface area contributed by atoms with Gasteiger partial charge < -0.3 is 9.84 Å². The summed E-state index contributed by atoms with van der Waals surface area (Å²) < 4.78 is 18.6. The molecule has 2 rings (SSSR count). The highest BCUT2D eigenvalue weighted by Gasteiger charge is 2.06. The fourth-order valence-electron chi connectivity index (χ4n) is 1.60. The van der Waals surface area contributed by atoms with E-state index in [0.717, 1.165) is 12.1 Å². The molecule has 0 atom stereocenters. The monoisotopic (exact) mass is 258 g/mol. The summed E-state index contributed by atoms with van der Waals surface area (Å²) >= 11 is 0. The second-order valence-corrected chi connectivity index (χ2v) is 3.81. The molecule has 2 aromatic rings. The summed E-state index contributed by atoms with van der Waals surface area (Å²) in [5, 5.41) is 9.15. The molecule has 96 valence electrons. The van der Waals surface area contributed by atoms with Gasteiger partial charge in [0.25, 0.3) is 0 Å². The van der Waals surface area contributed by atoms with Gasteiger partial charge in [0.2, 0.25) is 0 Å². The highest BCUT2D eigenvalue weighted by Crippen LogP contribution is 2.27. The minimum atomic E-state index is -0.552. The predicted octanol–water partition coefficient (Wildman–Crippen LogP) is 3.29. The molecule has 0 saturated heterocycles. The average molecular weight is 258 g/mol. The predicted molar refractivity (Wildman–Crippen MR) is 69.3 cm³/mol. The lowest BCUT2D eigenvalue weighted by Gasteiger charge is -2.06. The normalized spacial score (nSPS) is 9.95. The maximum absolute atomic E-state index is 13.6. The molecule has 2 aromatic carbocycles. The van der Waals surface area contributed by atoms with Gasteiger partial charge >= 0.3 is 5.97 Å². The van der Waals surface area contributed by atoms with E-state index >= 15 is 0 Å². The summed E-state index contributed by atoms with van der Waals surface area (Å²) in [5.74, 6) is -0.843. The number of aromatic hydroxyl groups is 1. The van der Waals surface area contributed by atoms with Crippen molar-refractivity contribution in [1.82, 2.24) is 0 Å². The van der Waals surface area contributed by atoms with Crippen LogP contribution in [0.3, 0.4) is 0 Å². The summed E-state index contributed by atoms with van der Waals surface area (Å²) in [7, 11) is 0. The largest absolute Gasteiger partial charge is 0.508 e. The number of rotatable bonds is 3. The summed E-state index contributed by atoms with van der Waals surface area (Å²) in [6, 6.07) is 10.3. The molecular weight excluding hydrogens is 247 g/mol. The Bertz CT molecular complexity index is 618. The van der Waals surface area contributed by atoms with E-state index < -0.39 is 11.8 Å². The van der Waals surface area contributed by atoms with Crippen LogP contribution in [0.5, 0.6) is 11.5 Å². The first-order chi connectivity index (χ1) is 9.10. The van der Waals surface area contributed by atoms with Gasteiger partial charge in [-0.05, 0) is 29.8 Å². The number of phenolic OH excluding ortho intramolecular Hbond substituents is 1. The SMILES string of the molecule is C=CC(=O)Oc1ccc(-c2ccc(O)cc2F)cc1. The van der Waals surface area contributed by atoms with E-state index in [1.165, 1.54) is 12.1 Å². The smallest absolute Gasteiger partial charge is 0.335 e. The molecule has 0 spiro atoms. The number of hydrogen-bond acceptors (Lipinski definition) is 3. The Balaban J connectivity index is 2.27. The molecule has 1 N–H and O–H groups in total. The molecule has 0 heterocycles. The first-order valence-electron chi connectivity index (χ1n) is 5.53. The van der Waals surface area contributed by atoms with Crippen LogP contribution in [0.2, 0.25) is 0 Å². The minimum Gasteiger partial charge on any atom is -0.508 e. The Hall–Kier alpha value is -2.62. The summed E-state index contributed by atoms with van der Waals surface area (Å²) in [5.41, 5.74) is 0.982. The van der Waals surface area contributed by atoms with E-state index in [2.05, 4.69) is 6.58 Å². The van der Waals surface area contributed by atoms with Crippen LogP contribution in [-0.4, -0.2) is 11.1 Å². The van der Waals surface area contributed by atoms with Crippen molar-refractivity contribution in [2.45, 2.75) is 0 Å². The van der Waals surface area contributed by atoms with Crippen LogP contribution in [0.1, 0.15) is 0 Å². The first kappa shape index (κ1) is 12.8. The molecule has 19 heavy (non-hydrogen) atoms. The van der Waals surface area contributed by atoms with E-state index in [9.17, 15) is 9.18 Å². The minimum absolute atomic E-state index is 0.127. The van der Waals surface area contributed by atoms with Crippen LogP contribution in [0.4, 0.5) is 4.39 Å². The zero-order valence-electron chi connectivity index (χ0n) is 9.97. The van der Waals surface area contributed by atoms with E-state index in [1.54, 1.807) is 24.3 Å². The summed E-state index contributed by atoms with van der Waals surface area (Å²) in [4.78, 5) is 11.0. The maximum atomic E-state index is 13.6. The Kier molecular flexibility index (Phi) is 3.61. The number of carbonyl (C=O) groups is 1. The van der Waals surface area contributed by atoms with Crippen molar-refractivity contribution < 1.29 is 19.0 Å². The fourth-order valence-corrected chi connectivity index (χ4v) is 1.60. The zero-order valence-corrected chi connectivity index (χ0v) is 9.97. The van der Waals surface area contributed by atoms with Crippen molar-refractivity contribution in [2.75, 3.05) is 0 Å². The van der Waals surface area contributed by atoms with Crippen molar-refractivity contribution in [3.8, 4) is 22.6 Å². The van der Waals surface area contributed by atoms with Gasteiger partial charge in [0.05, 0.1) is 0 Å². The van der Waals surface area contributed by atoms with Crippen LogP contribution < -0.4 is 4.74 Å². The van der Waals surface area contributed by atoms with Crippen molar-refractivity contribution in [2.24, 2.45) is 0 Å². The number of esters is 1.